The number of hydrogen-bond donors (Lipinski definition) is 0. The summed E-state index contributed by atoms with van der Waals surface area (Å²) >= 11 is 0. The van der Waals surface area contributed by atoms with E-state index in [4.69, 9.17) is 0 Å². The van der Waals surface area contributed by atoms with E-state index in [1.165, 1.54) is 110 Å². The van der Waals surface area contributed by atoms with Crippen molar-refractivity contribution < 1.29 is 0 Å². The molecule has 0 fully saturated rings. The Hall–Kier alpha value is -6.90. The van der Waals surface area contributed by atoms with Gasteiger partial charge in [0.2, 0.25) is 0 Å². The van der Waals surface area contributed by atoms with Crippen molar-refractivity contribution in [2.24, 2.45) is 0 Å². The molecular formula is C53H36N2. The summed E-state index contributed by atoms with van der Waals surface area (Å²) < 4.78 is 4.97. The number of hydrogen-bond acceptors (Lipinski definition) is 0. The molecular weight excluding hydrogens is 665 g/mol. The Morgan fingerprint density at radius 2 is 1.02 bits per heavy atom. The third-order valence-corrected chi connectivity index (χ3v) is 12.5. The molecule has 258 valence electrons. The summed E-state index contributed by atoms with van der Waals surface area (Å²) in [6.45, 7) is 4.75. The summed E-state index contributed by atoms with van der Waals surface area (Å²) in [6, 6.07) is 67.6. The van der Waals surface area contributed by atoms with Crippen LogP contribution in [0.2, 0.25) is 0 Å². The van der Waals surface area contributed by atoms with Gasteiger partial charge < -0.3 is 9.13 Å². The van der Waals surface area contributed by atoms with Gasteiger partial charge in [-0.3, -0.25) is 0 Å². The van der Waals surface area contributed by atoms with Crippen molar-refractivity contribution in [1.82, 2.24) is 9.13 Å². The SMILES string of the molecule is CC1(C)c2ccccc2-c2c1ccc1c3cc(-c4ccc5c(c4)c4ccccc4n5-c4cccc5ccccc45)ccc3n(-c3ccc4ccccc4c3)c21. The van der Waals surface area contributed by atoms with Gasteiger partial charge in [0.1, 0.15) is 0 Å². The van der Waals surface area contributed by atoms with E-state index in [9.17, 15) is 0 Å². The van der Waals surface area contributed by atoms with Gasteiger partial charge in [-0.2, -0.15) is 0 Å². The molecule has 1 aliphatic rings. The van der Waals surface area contributed by atoms with Gasteiger partial charge >= 0.3 is 0 Å². The topological polar surface area (TPSA) is 9.86 Å². The molecule has 0 saturated heterocycles. The van der Waals surface area contributed by atoms with Gasteiger partial charge in [0.15, 0.2) is 0 Å². The molecule has 2 heterocycles. The maximum Gasteiger partial charge on any atom is 0.0622 e. The van der Waals surface area contributed by atoms with E-state index in [1.54, 1.807) is 0 Å². The fraction of sp³-hybridized carbons (Fsp3) is 0.0566. The molecule has 0 atom stereocenters. The van der Waals surface area contributed by atoms with Crippen LogP contribution in [0.1, 0.15) is 25.0 Å². The number of fused-ring (bicyclic) bond motifs is 12. The summed E-state index contributed by atoms with van der Waals surface area (Å²) in [5, 5.41) is 10.1. The van der Waals surface area contributed by atoms with Crippen LogP contribution in [0.3, 0.4) is 0 Å². The van der Waals surface area contributed by atoms with E-state index >= 15 is 0 Å². The smallest absolute Gasteiger partial charge is 0.0622 e. The third-order valence-electron chi connectivity index (χ3n) is 12.5. The highest BCUT2D eigenvalue weighted by Gasteiger charge is 2.37. The van der Waals surface area contributed by atoms with Crippen LogP contribution in [0, 0.1) is 0 Å². The Balaban J connectivity index is 1.12. The molecule has 0 spiro atoms. The van der Waals surface area contributed by atoms with E-state index in [1.807, 2.05) is 0 Å². The zero-order valence-corrected chi connectivity index (χ0v) is 30.7. The fourth-order valence-electron chi connectivity index (χ4n) is 9.87. The van der Waals surface area contributed by atoms with Gasteiger partial charge in [-0.15, -0.1) is 0 Å². The Kier molecular flexibility index (Phi) is 6.15. The van der Waals surface area contributed by atoms with Gasteiger partial charge in [0, 0.05) is 43.6 Å². The van der Waals surface area contributed by atoms with Crippen molar-refractivity contribution in [3.05, 3.63) is 193 Å². The normalized spacial score (nSPS) is 13.4. The third kappa shape index (κ3) is 4.20. The van der Waals surface area contributed by atoms with E-state index in [0.717, 1.165) is 0 Å². The first-order chi connectivity index (χ1) is 27.0. The Morgan fingerprint density at radius 1 is 0.382 bits per heavy atom. The molecule has 2 nitrogen and oxygen atoms in total. The number of aromatic nitrogens is 2. The van der Waals surface area contributed by atoms with Gasteiger partial charge in [0.25, 0.3) is 0 Å². The number of rotatable bonds is 3. The van der Waals surface area contributed by atoms with E-state index in [-0.39, 0.29) is 5.41 Å². The molecule has 0 radical (unpaired) electrons. The van der Waals surface area contributed by atoms with Crippen molar-refractivity contribution in [3.8, 4) is 33.6 Å². The number of benzene rings is 9. The Morgan fingerprint density at radius 3 is 1.85 bits per heavy atom. The molecule has 0 aliphatic heterocycles. The quantitative estimate of drug-likeness (QED) is 0.174. The molecule has 0 N–H and O–H groups in total. The van der Waals surface area contributed by atoms with Gasteiger partial charge in [-0.25, -0.2) is 0 Å². The highest BCUT2D eigenvalue weighted by Crippen LogP contribution is 2.53. The van der Waals surface area contributed by atoms with E-state index < -0.39 is 0 Å². The summed E-state index contributed by atoms with van der Waals surface area (Å²) in [6.07, 6.45) is 0. The van der Waals surface area contributed by atoms with Crippen molar-refractivity contribution in [2.75, 3.05) is 0 Å². The zero-order valence-electron chi connectivity index (χ0n) is 30.7. The molecule has 0 bridgehead atoms. The summed E-state index contributed by atoms with van der Waals surface area (Å²) in [4.78, 5) is 0. The zero-order chi connectivity index (χ0) is 36.4. The van der Waals surface area contributed by atoms with Crippen LogP contribution < -0.4 is 0 Å². The molecule has 0 amide bonds. The van der Waals surface area contributed by atoms with Gasteiger partial charge in [-0.1, -0.05) is 147 Å². The van der Waals surface area contributed by atoms with Crippen molar-refractivity contribution in [3.63, 3.8) is 0 Å². The monoisotopic (exact) mass is 700 g/mol. The van der Waals surface area contributed by atoms with Crippen LogP contribution >= 0.6 is 0 Å². The lowest BCUT2D eigenvalue weighted by atomic mass is 9.82. The van der Waals surface area contributed by atoms with E-state index in [2.05, 4.69) is 205 Å². The number of para-hydroxylation sites is 1. The first kappa shape index (κ1) is 30.6. The van der Waals surface area contributed by atoms with Crippen molar-refractivity contribution >= 4 is 65.2 Å². The summed E-state index contributed by atoms with van der Waals surface area (Å²) in [7, 11) is 0. The standard InChI is InChI=1S/C53H36N2/c1-53(2)45-19-9-7-18-42(45)51-46(53)27-26-41-44-32-37(23-28-49(44)54(52(41)51)38-25-22-33-12-3-4-14-35(33)30-38)36-24-29-50-43(31-36)40-17-8-10-20-48(40)55(50)47-21-11-15-34-13-5-6-16-39(34)47/h3-32H,1-2H3. The second kappa shape index (κ2) is 11.1. The molecule has 2 aromatic heterocycles. The first-order valence-electron chi connectivity index (χ1n) is 19.3. The lowest BCUT2D eigenvalue weighted by Crippen LogP contribution is -2.14. The van der Waals surface area contributed by atoms with Crippen LogP contribution in [0.4, 0.5) is 0 Å². The minimum Gasteiger partial charge on any atom is -0.309 e. The summed E-state index contributed by atoms with van der Waals surface area (Å²) in [5.41, 5.74) is 15.2. The van der Waals surface area contributed by atoms with Crippen LogP contribution in [0.15, 0.2) is 182 Å². The fourth-order valence-corrected chi connectivity index (χ4v) is 9.87. The second-order valence-electron chi connectivity index (χ2n) is 15.7. The van der Waals surface area contributed by atoms with Gasteiger partial charge in [-0.05, 0) is 92.5 Å². The molecule has 0 unspecified atom stereocenters. The minimum atomic E-state index is -0.0867. The predicted octanol–water partition coefficient (Wildman–Crippen LogP) is 14.2. The second-order valence-corrected chi connectivity index (χ2v) is 15.7. The molecule has 0 saturated carbocycles. The first-order valence-corrected chi connectivity index (χ1v) is 19.3. The highest BCUT2D eigenvalue weighted by molar-refractivity contribution is 6.17. The largest absolute Gasteiger partial charge is 0.309 e. The van der Waals surface area contributed by atoms with Crippen LogP contribution in [-0.4, -0.2) is 9.13 Å². The highest BCUT2D eigenvalue weighted by atomic mass is 15.0. The lowest BCUT2D eigenvalue weighted by molar-refractivity contribution is 0.661. The average molecular weight is 701 g/mol. The number of nitrogens with zero attached hydrogens (tertiary/aromatic N) is 2. The molecule has 2 heteroatoms. The van der Waals surface area contributed by atoms with Crippen LogP contribution in [0.25, 0.3) is 98.8 Å². The summed E-state index contributed by atoms with van der Waals surface area (Å²) in [5.74, 6) is 0. The Labute approximate surface area is 319 Å². The minimum absolute atomic E-state index is 0.0867. The average Bonchev–Trinajstić information content (AvgIpc) is 3.83. The molecule has 55 heavy (non-hydrogen) atoms. The van der Waals surface area contributed by atoms with Crippen LogP contribution in [0.5, 0.6) is 0 Å². The molecule has 11 aromatic rings. The lowest BCUT2D eigenvalue weighted by Gasteiger charge is -2.21. The maximum atomic E-state index is 2.53. The maximum absolute atomic E-state index is 2.53. The molecule has 1 aliphatic carbocycles. The van der Waals surface area contributed by atoms with Crippen molar-refractivity contribution in [2.45, 2.75) is 19.3 Å². The molecule has 12 rings (SSSR count). The van der Waals surface area contributed by atoms with Gasteiger partial charge in [0.05, 0.1) is 27.8 Å². The predicted molar refractivity (Wildman–Crippen MR) is 233 cm³/mol. The van der Waals surface area contributed by atoms with Crippen molar-refractivity contribution in [1.29, 1.82) is 0 Å². The van der Waals surface area contributed by atoms with E-state index in [0.29, 0.717) is 0 Å². The Bertz CT molecular complexity index is 3400. The van der Waals surface area contributed by atoms with Crippen LogP contribution in [-0.2, 0) is 5.41 Å². The molecule has 9 aromatic carbocycles.